The molecule has 77 heavy (non-hydrogen) atoms. The number of ether oxygens (including phenoxy) is 13. The van der Waals surface area contributed by atoms with E-state index in [1.54, 1.807) is 42.5 Å². The molecule has 2 aliphatic heterocycles. The van der Waals surface area contributed by atoms with Gasteiger partial charge in [-0.2, -0.15) is 0 Å². The molecule has 1 amide bonds. The largest absolute Gasteiger partial charge is 0.497 e. The van der Waals surface area contributed by atoms with Crippen molar-refractivity contribution >= 4 is 53.7 Å². The predicted molar refractivity (Wildman–Crippen MR) is 260 cm³/mol. The lowest BCUT2D eigenvalue weighted by molar-refractivity contribution is -0.362. The minimum Gasteiger partial charge on any atom is -0.497 e. The van der Waals surface area contributed by atoms with Crippen molar-refractivity contribution in [3.05, 3.63) is 132 Å². The fraction of sp³-hybridized carbons (Fsp3) is 0.389. The number of hydrogen-bond acceptors (Lipinski definition) is 22. The van der Waals surface area contributed by atoms with Gasteiger partial charge in [-0.05, 0) is 60.7 Å². The monoisotopic (exact) mass is 1070 g/mol. The minimum absolute atomic E-state index is 0.0237. The Labute approximate surface area is 441 Å². The van der Waals surface area contributed by atoms with Crippen LogP contribution in [0.3, 0.4) is 0 Å². The second kappa shape index (κ2) is 26.9. The van der Waals surface area contributed by atoms with Gasteiger partial charge in [0, 0.05) is 34.6 Å². The van der Waals surface area contributed by atoms with Crippen molar-refractivity contribution in [1.29, 1.82) is 0 Å². The molecular weight excluding hydrogens is 1010 g/mol. The van der Waals surface area contributed by atoms with E-state index in [4.69, 9.17) is 61.6 Å². The number of nitrogens with one attached hydrogen (secondary N) is 1. The molecule has 0 aliphatic carbocycles. The normalized spacial score (nSPS) is 23.4. The van der Waals surface area contributed by atoms with Gasteiger partial charge in [-0.25, -0.2) is 19.2 Å². The Morgan fingerprint density at radius 2 is 1.13 bits per heavy atom. The number of benzene rings is 4. The molecule has 6 rings (SSSR count). The predicted octanol–water partition coefficient (Wildman–Crippen LogP) is 4.01. The quantitative estimate of drug-likeness (QED) is 0.0911. The summed E-state index contributed by atoms with van der Waals surface area (Å²) in [6.45, 7) is 3.49. The first-order chi connectivity index (χ1) is 36.8. The van der Waals surface area contributed by atoms with E-state index in [-0.39, 0.29) is 22.4 Å². The molecular formula is C54H57NO22. The molecule has 0 unspecified atom stereocenters. The van der Waals surface area contributed by atoms with E-state index in [1.807, 2.05) is 0 Å². The molecule has 2 saturated heterocycles. The van der Waals surface area contributed by atoms with E-state index >= 15 is 0 Å². The van der Waals surface area contributed by atoms with E-state index in [2.05, 4.69) is 5.32 Å². The average molecular weight is 1070 g/mol. The van der Waals surface area contributed by atoms with Crippen molar-refractivity contribution in [2.45, 2.75) is 108 Å². The van der Waals surface area contributed by atoms with Gasteiger partial charge in [-0.15, -0.1) is 0 Å². The van der Waals surface area contributed by atoms with Gasteiger partial charge in [0.2, 0.25) is 12.2 Å². The first kappa shape index (κ1) is 57.9. The summed E-state index contributed by atoms with van der Waals surface area (Å²) >= 11 is 0. The van der Waals surface area contributed by atoms with Crippen molar-refractivity contribution in [3.63, 3.8) is 0 Å². The third kappa shape index (κ3) is 15.6. The summed E-state index contributed by atoms with van der Waals surface area (Å²) in [4.78, 5) is 122. The molecule has 0 bridgehead atoms. The van der Waals surface area contributed by atoms with Crippen LogP contribution in [0, 0.1) is 0 Å². The highest BCUT2D eigenvalue weighted by molar-refractivity contribution is 5.91. The van der Waals surface area contributed by atoms with Crippen molar-refractivity contribution in [2.75, 3.05) is 27.4 Å². The van der Waals surface area contributed by atoms with Gasteiger partial charge in [0.15, 0.2) is 24.4 Å². The summed E-state index contributed by atoms with van der Waals surface area (Å²) in [7, 11) is 2.35. The summed E-state index contributed by atoms with van der Waals surface area (Å²) < 4.78 is 77.7. The van der Waals surface area contributed by atoms with Crippen LogP contribution >= 0.6 is 0 Å². The molecule has 2 fully saturated rings. The molecule has 23 heteroatoms. The third-order valence-electron chi connectivity index (χ3n) is 11.6. The Balaban J connectivity index is 1.62. The highest BCUT2D eigenvalue weighted by Gasteiger charge is 2.63. The molecule has 2 heterocycles. The summed E-state index contributed by atoms with van der Waals surface area (Å²) in [5, 5.41) is 2.58. The second-order valence-electron chi connectivity index (χ2n) is 17.3. The zero-order valence-corrected chi connectivity index (χ0v) is 42.8. The van der Waals surface area contributed by atoms with Gasteiger partial charge in [0.25, 0.3) is 5.79 Å². The molecule has 11 atom stereocenters. The lowest BCUT2D eigenvalue weighted by Crippen LogP contribution is -2.72. The lowest BCUT2D eigenvalue weighted by atomic mass is 9.87. The number of hydrogen-bond donors (Lipinski definition) is 1. The Hall–Kier alpha value is -8.41. The third-order valence-corrected chi connectivity index (χ3v) is 11.6. The molecule has 1 N–H and O–H groups in total. The molecule has 4 aromatic rings. The summed E-state index contributed by atoms with van der Waals surface area (Å²) in [6, 6.07) is 27.3. The standard InChI is InChI=1S/C54H57NO22/c1-30(56)55-43-40(69-32(3)58)27-54(53(64)66-7,76-46(43)44(71-34(5)60)41(70-33(4)59)28-67-31(2)57)77-47-45(74-50(62)36-19-13-9-14-20-36)42(29-68-49(61)35-17-11-8-12-18-35)73-52(72-39-25-23-38(65-6)24-26-39)48(47)75-51(63)37-21-15-10-16-22-37/h8-26,40-48,52H,27-29H2,1-7H3,(H,55,56)/t40-,41+,42+,43+,44+,45-,46+,47-,48-,52-,54-/m0/s1. The average Bonchev–Trinajstić information content (AvgIpc) is 3.41. The highest BCUT2D eigenvalue weighted by atomic mass is 16.8. The van der Waals surface area contributed by atoms with E-state index in [9.17, 15) is 43.2 Å². The van der Waals surface area contributed by atoms with Gasteiger partial charge < -0.3 is 66.9 Å². The van der Waals surface area contributed by atoms with Crippen LogP contribution in [0.1, 0.15) is 72.1 Å². The number of amides is 1. The molecule has 4 aromatic carbocycles. The fourth-order valence-electron chi connectivity index (χ4n) is 8.38. The Morgan fingerprint density at radius 1 is 0.597 bits per heavy atom. The van der Waals surface area contributed by atoms with Crippen molar-refractivity contribution < 1.29 is 105 Å². The smallest absolute Gasteiger partial charge is 0.366 e. The van der Waals surface area contributed by atoms with Gasteiger partial charge >= 0.3 is 47.8 Å². The number of methoxy groups -OCH3 is 2. The van der Waals surface area contributed by atoms with E-state index < -0.39 is 140 Å². The molecule has 0 saturated carbocycles. The zero-order valence-electron chi connectivity index (χ0n) is 42.8. The van der Waals surface area contributed by atoms with E-state index in [0.717, 1.165) is 41.7 Å². The molecule has 0 aromatic heterocycles. The summed E-state index contributed by atoms with van der Waals surface area (Å²) in [5.74, 6) is -11.6. The van der Waals surface area contributed by atoms with Crippen LogP contribution in [0.15, 0.2) is 115 Å². The van der Waals surface area contributed by atoms with Crippen molar-refractivity contribution in [2.24, 2.45) is 0 Å². The summed E-state index contributed by atoms with van der Waals surface area (Å²) in [6.07, 6.45) is -18.0. The maximum Gasteiger partial charge on any atom is 0.366 e. The maximum atomic E-state index is 14.9. The molecule has 0 spiro atoms. The van der Waals surface area contributed by atoms with Crippen LogP contribution in [-0.2, 0) is 80.9 Å². The lowest BCUT2D eigenvalue weighted by Gasteiger charge is -2.51. The van der Waals surface area contributed by atoms with Crippen LogP contribution in [0.5, 0.6) is 11.5 Å². The highest BCUT2D eigenvalue weighted by Crippen LogP contribution is 2.42. The number of carbonyl (C=O) groups excluding carboxylic acids is 9. The first-order valence-corrected chi connectivity index (χ1v) is 23.9. The SMILES string of the molecule is COC(=O)[C@@]1(O[C@@H]2[C@H](OC(=O)c3ccccc3)[C@@H](Oc3ccc(OC)cc3)O[C@H](COC(=O)c3ccccc3)[C@@H]2OC(=O)c2ccccc2)C[C@H](OC(C)=O)[C@@H](NC(C)=O)[C@H]([C@H](OC(C)=O)[C@@H](COC(C)=O)OC(C)=O)O1. The van der Waals surface area contributed by atoms with E-state index in [1.165, 1.54) is 79.9 Å². The zero-order chi connectivity index (χ0) is 55.8. The van der Waals surface area contributed by atoms with Gasteiger partial charge in [0.1, 0.15) is 49.1 Å². The van der Waals surface area contributed by atoms with Crippen LogP contribution in [-0.4, -0.2) is 148 Å². The Bertz CT molecular complexity index is 2710. The Morgan fingerprint density at radius 3 is 1.62 bits per heavy atom. The van der Waals surface area contributed by atoms with Crippen LogP contribution < -0.4 is 14.8 Å². The summed E-state index contributed by atoms with van der Waals surface area (Å²) in [5.41, 5.74) is 0.0534. The number of esters is 8. The van der Waals surface area contributed by atoms with E-state index in [0.29, 0.717) is 5.75 Å². The van der Waals surface area contributed by atoms with Crippen molar-refractivity contribution in [3.8, 4) is 11.5 Å². The molecule has 410 valence electrons. The maximum absolute atomic E-state index is 14.9. The fourth-order valence-corrected chi connectivity index (χ4v) is 8.38. The van der Waals surface area contributed by atoms with Crippen molar-refractivity contribution in [1.82, 2.24) is 5.32 Å². The van der Waals surface area contributed by atoms with Crippen LogP contribution in [0.4, 0.5) is 0 Å². The first-order valence-electron chi connectivity index (χ1n) is 23.9. The van der Waals surface area contributed by atoms with Crippen LogP contribution in [0.25, 0.3) is 0 Å². The molecule has 0 radical (unpaired) electrons. The number of carbonyl (C=O) groups is 9. The molecule has 2 aliphatic rings. The topological polar surface area (TPSA) is 286 Å². The second-order valence-corrected chi connectivity index (χ2v) is 17.3. The minimum atomic E-state index is -3.04. The van der Waals surface area contributed by atoms with Crippen LogP contribution in [0.2, 0.25) is 0 Å². The number of rotatable bonds is 21. The Kier molecular flexibility index (Phi) is 20.2. The molecule has 23 nitrogen and oxygen atoms in total. The van der Waals surface area contributed by atoms with Gasteiger partial charge in [0.05, 0.1) is 43.4 Å². The van der Waals surface area contributed by atoms with Gasteiger partial charge in [-0.1, -0.05) is 54.6 Å². The van der Waals surface area contributed by atoms with Gasteiger partial charge in [-0.3, -0.25) is 24.0 Å².